The predicted molar refractivity (Wildman–Crippen MR) is 47.3 cm³/mol. The van der Waals surface area contributed by atoms with E-state index < -0.39 is 0 Å². The third-order valence-corrected chi connectivity index (χ3v) is 0.756. The van der Waals surface area contributed by atoms with E-state index in [1.807, 2.05) is 6.07 Å². The Labute approximate surface area is 85.3 Å². The van der Waals surface area contributed by atoms with Gasteiger partial charge in [0, 0.05) is 0 Å². The molecular formula is C9H15OTi. The zero-order chi connectivity index (χ0) is 5.11. The number of rotatable bonds is 0. The van der Waals surface area contributed by atoms with Gasteiger partial charge in [0.05, 0.1) is 0 Å². The van der Waals surface area contributed by atoms with Crippen molar-refractivity contribution in [2.75, 3.05) is 0 Å². The number of aromatic hydroxyl groups is 1. The number of hydrogen-bond acceptors (Lipinski definition) is 1. The molecule has 1 aromatic rings. The van der Waals surface area contributed by atoms with Gasteiger partial charge < -0.3 is 27.4 Å². The average Bonchev–Trinajstić information content (AvgIpc) is 1.69. The standard InChI is InChI=1S/C6H6O.3CH3.Ti/c7-6-4-2-1-3-5-6;;;;/h1-5,7H;3*1H3;/q;3*-1;+3. The van der Waals surface area contributed by atoms with E-state index in [0.717, 1.165) is 0 Å². The molecule has 61 valence electrons. The van der Waals surface area contributed by atoms with E-state index in [1.54, 1.807) is 24.3 Å². The van der Waals surface area contributed by atoms with Crippen LogP contribution in [-0.2, 0) is 21.7 Å². The molecule has 0 unspecified atom stereocenters. The van der Waals surface area contributed by atoms with Crippen molar-refractivity contribution >= 4 is 0 Å². The number of para-hydroxylation sites is 1. The van der Waals surface area contributed by atoms with Crippen molar-refractivity contribution in [3.8, 4) is 5.75 Å². The van der Waals surface area contributed by atoms with Gasteiger partial charge in [-0.2, -0.15) is 0 Å². The van der Waals surface area contributed by atoms with Crippen LogP contribution in [0.25, 0.3) is 0 Å². The van der Waals surface area contributed by atoms with Crippen molar-refractivity contribution in [1.82, 2.24) is 0 Å². The minimum absolute atomic E-state index is 0. The maximum absolute atomic E-state index is 8.63. The molecule has 0 aliphatic heterocycles. The summed E-state index contributed by atoms with van der Waals surface area (Å²) < 4.78 is 0. The Bertz CT molecular complexity index is 139. The van der Waals surface area contributed by atoms with Crippen LogP contribution >= 0.6 is 0 Å². The topological polar surface area (TPSA) is 20.2 Å². The van der Waals surface area contributed by atoms with Gasteiger partial charge in [-0.3, -0.25) is 0 Å². The van der Waals surface area contributed by atoms with Crippen LogP contribution in [0.2, 0.25) is 0 Å². The molecule has 0 saturated carbocycles. The number of hydrogen-bond donors (Lipinski definition) is 1. The Balaban J connectivity index is -0.0000000612. The fraction of sp³-hybridized carbons (Fsp3) is 0. The molecule has 0 aromatic heterocycles. The third kappa shape index (κ3) is 9.73. The molecule has 1 N–H and O–H groups in total. The van der Waals surface area contributed by atoms with Gasteiger partial charge in [-0.1, -0.05) is 18.2 Å². The van der Waals surface area contributed by atoms with Crippen LogP contribution in [0.5, 0.6) is 5.75 Å². The first-order chi connectivity index (χ1) is 3.39. The molecule has 0 fully saturated rings. The fourth-order valence-electron chi connectivity index (χ4n) is 0.428. The maximum atomic E-state index is 8.63. The Hall–Kier alpha value is -0.266. The van der Waals surface area contributed by atoms with Gasteiger partial charge in [0.2, 0.25) is 0 Å². The quantitative estimate of drug-likeness (QED) is 0.489. The largest absolute Gasteiger partial charge is 3.00 e. The molecule has 1 nitrogen and oxygen atoms in total. The van der Waals surface area contributed by atoms with Crippen molar-refractivity contribution in [2.45, 2.75) is 0 Å². The summed E-state index contributed by atoms with van der Waals surface area (Å²) in [7, 11) is 0. The monoisotopic (exact) mass is 187 g/mol. The van der Waals surface area contributed by atoms with Crippen LogP contribution in [0, 0.1) is 22.3 Å². The molecule has 0 aliphatic carbocycles. The number of phenolic OH excluding ortho intramolecular Hbond substituents is 1. The van der Waals surface area contributed by atoms with Gasteiger partial charge in [0.15, 0.2) is 0 Å². The number of benzene rings is 1. The molecule has 0 heterocycles. The molecule has 0 aliphatic rings. The summed E-state index contributed by atoms with van der Waals surface area (Å²) in [4.78, 5) is 0. The molecule has 0 spiro atoms. The normalized spacial score (nSPS) is 5.45. The molecule has 0 amide bonds. The first-order valence-corrected chi connectivity index (χ1v) is 2.13. The summed E-state index contributed by atoms with van der Waals surface area (Å²) in [6.07, 6.45) is 0. The van der Waals surface area contributed by atoms with Crippen LogP contribution in [0.3, 0.4) is 0 Å². The van der Waals surface area contributed by atoms with Gasteiger partial charge in [-0.05, 0) is 12.1 Å². The summed E-state index contributed by atoms with van der Waals surface area (Å²) in [6, 6.07) is 8.71. The van der Waals surface area contributed by atoms with Crippen LogP contribution < -0.4 is 0 Å². The van der Waals surface area contributed by atoms with E-state index in [-0.39, 0.29) is 44.0 Å². The van der Waals surface area contributed by atoms with Crippen molar-refractivity contribution in [3.63, 3.8) is 0 Å². The molecule has 0 bridgehead atoms. The zero-order valence-electron chi connectivity index (χ0n) is 7.33. The average molecular weight is 187 g/mol. The summed E-state index contributed by atoms with van der Waals surface area (Å²) in [5.74, 6) is 0.322. The van der Waals surface area contributed by atoms with Gasteiger partial charge in [0.1, 0.15) is 5.75 Å². The smallest absolute Gasteiger partial charge is 0.508 e. The SMILES string of the molecule is Oc1ccccc1.[CH3-].[CH3-].[CH3-].[Ti+3]. The minimum Gasteiger partial charge on any atom is -0.508 e. The van der Waals surface area contributed by atoms with Gasteiger partial charge in [-0.15, -0.1) is 0 Å². The molecule has 1 radical (unpaired) electrons. The molecule has 2 heteroatoms. The Morgan fingerprint density at radius 2 is 1.18 bits per heavy atom. The summed E-state index contributed by atoms with van der Waals surface area (Å²) in [5.41, 5.74) is 0. The second-order valence-corrected chi connectivity index (χ2v) is 1.34. The third-order valence-electron chi connectivity index (χ3n) is 0.756. The molecule has 1 aromatic carbocycles. The van der Waals surface area contributed by atoms with Crippen LogP contribution in [-0.4, -0.2) is 5.11 Å². The zero-order valence-corrected chi connectivity index (χ0v) is 8.90. The van der Waals surface area contributed by atoms with E-state index in [4.69, 9.17) is 5.11 Å². The number of phenols is 1. The van der Waals surface area contributed by atoms with Crippen LogP contribution in [0.1, 0.15) is 0 Å². The summed E-state index contributed by atoms with van der Waals surface area (Å²) in [5, 5.41) is 8.63. The molecule has 11 heavy (non-hydrogen) atoms. The summed E-state index contributed by atoms with van der Waals surface area (Å²) >= 11 is 0. The second kappa shape index (κ2) is 12.4. The van der Waals surface area contributed by atoms with Crippen LogP contribution in [0.4, 0.5) is 0 Å². The van der Waals surface area contributed by atoms with Crippen molar-refractivity contribution in [2.24, 2.45) is 0 Å². The van der Waals surface area contributed by atoms with Crippen LogP contribution in [0.15, 0.2) is 30.3 Å². The second-order valence-electron chi connectivity index (χ2n) is 1.34. The van der Waals surface area contributed by atoms with Crippen molar-refractivity contribution in [1.29, 1.82) is 0 Å². The molecule has 1 rings (SSSR count). The van der Waals surface area contributed by atoms with E-state index in [1.165, 1.54) is 0 Å². The molecular weight excluding hydrogens is 172 g/mol. The minimum atomic E-state index is 0. The Kier molecular flexibility index (Phi) is 25.3. The van der Waals surface area contributed by atoms with Crippen molar-refractivity contribution < 1.29 is 26.8 Å². The van der Waals surface area contributed by atoms with E-state index in [9.17, 15) is 0 Å². The Morgan fingerprint density at radius 3 is 1.36 bits per heavy atom. The summed E-state index contributed by atoms with van der Waals surface area (Å²) in [6.45, 7) is 0. The van der Waals surface area contributed by atoms with E-state index >= 15 is 0 Å². The first kappa shape index (κ1) is 22.4. The van der Waals surface area contributed by atoms with Crippen molar-refractivity contribution in [3.05, 3.63) is 52.6 Å². The first-order valence-electron chi connectivity index (χ1n) is 2.13. The van der Waals surface area contributed by atoms with E-state index in [0.29, 0.717) is 5.75 Å². The molecule has 0 saturated heterocycles. The fourth-order valence-corrected chi connectivity index (χ4v) is 0.428. The predicted octanol–water partition coefficient (Wildman–Crippen LogP) is 2.74. The maximum Gasteiger partial charge on any atom is 3.00 e. The Morgan fingerprint density at radius 1 is 0.818 bits per heavy atom. The van der Waals surface area contributed by atoms with Gasteiger partial charge in [0.25, 0.3) is 0 Å². The molecule has 0 atom stereocenters. The van der Waals surface area contributed by atoms with E-state index in [2.05, 4.69) is 0 Å². The van der Waals surface area contributed by atoms with Gasteiger partial charge >= 0.3 is 21.7 Å². The van der Waals surface area contributed by atoms with Gasteiger partial charge in [-0.25, -0.2) is 0 Å².